The smallest absolute Gasteiger partial charge is 0.160 e. The van der Waals surface area contributed by atoms with Crippen LogP contribution in [-0.2, 0) is 12.8 Å². The highest BCUT2D eigenvalue weighted by Gasteiger charge is 2.31. The summed E-state index contributed by atoms with van der Waals surface area (Å²) in [5.74, 6) is 0.711. The molecule has 0 N–H and O–H groups in total. The first-order valence-corrected chi connectivity index (χ1v) is 23.4. The summed E-state index contributed by atoms with van der Waals surface area (Å²) in [5.41, 5.74) is 20.2. The molecule has 2 aliphatic heterocycles. The predicted octanol–water partition coefficient (Wildman–Crippen LogP) is 13.8. The second-order valence-electron chi connectivity index (χ2n) is 18.3. The summed E-state index contributed by atoms with van der Waals surface area (Å²) >= 11 is 0. The molecule has 2 aliphatic rings. The van der Waals surface area contributed by atoms with Crippen LogP contribution in [0.25, 0.3) is 89.3 Å². The van der Waals surface area contributed by atoms with Crippen LogP contribution < -0.4 is 0 Å². The molecule has 0 bridgehead atoms. The molecule has 0 spiro atoms. The van der Waals surface area contributed by atoms with Gasteiger partial charge in [-0.15, -0.1) is 0 Å². The van der Waals surface area contributed by atoms with E-state index in [1.165, 1.54) is 66.8 Å². The summed E-state index contributed by atoms with van der Waals surface area (Å²) < 4.78 is 5.01. The molecule has 2 atom stereocenters. The van der Waals surface area contributed by atoms with Gasteiger partial charge in [0.15, 0.2) is 5.82 Å². The van der Waals surface area contributed by atoms with Crippen molar-refractivity contribution in [3.63, 3.8) is 0 Å². The number of likely N-dealkylation sites (N-methyl/N-ethyl adjacent to an activating group) is 2. The summed E-state index contributed by atoms with van der Waals surface area (Å²) in [6, 6.07) is 66.7. The van der Waals surface area contributed by atoms with Crippen molar-refractivity contribution in [2.75, 3.05) is 27.2 Å². The van der Waals surface area contributed by atoms with Crippen LogP contribution in [0.1, 0.15) is 48.4 Å². The quantitative estimate of drug-likeness (QED) is 0.160. The van der Waals surface area contributed by atoms with Crippen LogP contribution in [0.5, 0.6) is 0 Å². The van der Waals surface area contributed by atoms with E-state index in [1.807, 2.05) is 6.07 Å². The fourth-order valence-electron chi connectivity index (χ4n) is 10.8. The Labute approximate surface area is 387 Å². The number of rotatable bonds is 7. The van der Waals surface area contributed by atoms with Crippen LogP contribution in [0, 0.1) is 0 Å². The summed E-state index contributed by atoms with van der Waals surface area (Å²) in [5, 5.41) is 2.65. The van der Waals surface area contributed by atoms with Crippen LogP contribution >= 0.6 is 0 Å². The normalized spacial score (nSPS) is 16.4. The van der Waals surface area contributed by atoms with Crippen LogP contribution in [0.3, 0.4) is 0 Å². The molecule has 0 saturated carbocycles. The highest BCUT2D eigenvalue weighted by molar-refractivity contribution is 5.95. The van der Waals surface area contributed by atoms with E-state index < -0.39 is 0 Å². The second kappa shape index (κ2) is 16.2. The molecule has 5 heterocycles. The molecule has 322 valence electrons. The number of hydrogen-bond donors (Lipinski definition) is 0. The molecule has 12 rings (SSSR count). The lowest BCUT2D eigenvalue weighted by atomic mass is 9.92. The molecule has 0 saturated heterocycles. The number of aromatic nitrogens is 4. The summed E-state index contributed by atoms with van der Waals surface area (Å²) in [6.45, 7) is 6.76. The molecule has 7 aromatic carbocycles. The van der Waals surface area contributed by atoms with Gasteiger partial charge >= 0.3 is 0 Å². The minimum Gasteiger partial charge on any atom is -0.312 e. The minimum absolute atomic E-state index is 0.288. The maximum atomic E-state index is 5.36. The molecule has 3 aromatic heterocycles. The average Bonchev–Trinajstić information content (AvgIpc) is 3.90. The van der Waals surface area contributed by atoms with Crippen molar-refractivity contribution in [1.82, 2.24) is 28.9 Å². The molecule has 10 aromatic rings. The topological polar surface area (TPSA) is 42.1 Å². The standard InChI is InChI=1S/C60H52N6/c1-39-58-50(29-31-63(39)3)52-36-43(25-27-56(52)65(58)48-21-13-7-14-22-48)45-33-46(35-47(34-45)55-38-54(41-17-9-5-10-18-41)61-60(62-55)42-19-11-6-12-20-42)44-26-28-57-53(37-44)51-30-32-64(4)40(2)59(51)66(57)49-23-15-8-16-24-49/h5-28,33-40H,29-32H2,1-4H3. The van der Waals surface area contributed by atoms with Gasteiger partial charge in [0, 0.05) is 75.4 Å². The number of benzene rings is 7. The van der Waals surface area contributed by atoms with Crippen LogP contribution in [0.2, 0.25) is 0 Å². The first kappa shape index (κ1) is 40.2. The lowest BCUT2D eigenvalue weighted by Crippen LogP contribution is -2.31. The lowest BCUT2D eigenvalue weighted by molar-refractivity contribution is 0.241. The highest BCUT2D eigenvalue weighted by atomic mass is 15.2. The van der Waals surface area contributed by atoms with Crippen molar-refractivity contribution in [3.8, 4) is 67.5 Å². The van der Waals surface area contributed by atoms with Gasteiger partial charge in [-0.2, -0.15) is 0 Å². The first-order valence-electron chi connectivity index (χ1n) is 23.4. The van der Waals surface area contributed by atoms with Crippen LogP contribution in [0.15, 0.2) is 182 Å². The van der Waals surface area contributed by atoms with Crippen molar-refractivity contribution >= 4 is 21.8 Å². The van der Waals surface area contributed by atoms with Gasteiger partial charge in [-0.1, -0.05) is 109 Å². The van der Waals surface area contributed by atoms with Gasteiger partial charge < -0.3 is 9.13 Å². The fraction of sp³-hybridized carbons (Fsp3) is 0.167. The van der Waals surface area contributed by atoms with Crippen molar-refractivity contribution in [2.45, 2.75) is 38.8 Å². The molecule has 0 amide bonds. The van der Waals surface area contributed by atoms with E-state index in [0.29, 0.717) is 5.82 Å². The van der Waals surface area contributed by atoms with Gasteiger partial charge in [-0.25, -0.2) is 9.97 Å². The van der Waals surface area contributed by atoms with Gasteiger partial charge in [0.2, 0.25) is 0 Å². The lowest BCUT2D eigenvalue weighted by Gasteiger charge is -2.31. The highest BCUT2D eigenvalue weighted by Crippen LogP contribution is 2.44. The zero-order chi connectivity index (χ0) is 44.5. The Hall–Kier alpha value is -7.38. The van der Waals surface area contributed by atoms with Gasteiger partial charge in [0.1, 0.15) is 0 Å². The van der Waals surface area contributed by atoms with E-state index in [-0.39, 0.29) is 12.1 Å². The number of para-hydroxylation sites is 2. The zero-order valence-corrected chi connectivity index (χ0v) is 38.0. The molecule has 0 radical (unpaired) electrons. The Balaban J connectivity index is 1.09. The van der Waals surface area contributed by atoms with E-state index >= 15 is 0 Å². The second-order valence-corrected chi connectivity index (χ2v) is 18.3. The first-order chi connectivity index (χ1) is 32.4. The van der Waals surface area contributed by atoms with Crippen molar-refractivity contribution in [3.05, 3.63) is 205 Å². The number of fused-ring (bicyclic) bond motifs is 6. The maximum absolute atomic E-state index is 5.36. The van der Waals surface area contributed by atoms with E-state index in [4.69, 9.17) is 9.97 Å². The fourth-order valence-corrected chi connectivity index (χ4v) is 10.8. The van der Waals surface area contributed by atoms with Crippen LogP contribution in [-0.4, -0.2) is 56.1 Å². The van der Waals surface area contributed by atoms with E-state index in [2.05, 4.69) is 223 Å². The number of hydrogen-bond acceptors (Lipinski definition) is 4. The zero-order valence-electron chi connectivity index (χ0n) is 38.0. The summed E-state index contributed by atoms with van der Waals surface area (Å²) in [7, 11) is 4.50. The van der Waals surface area contributed by atoms with Gasteiger partial charge in [-0.05, 0) is 147 Å². The molecule has 66 heavy (non-hydrogen) atoms. The van der Waals surface area contributed by atoms with Crippen LogP contribution in [0.4, 0.5) is 0 Å². The van der Waals surface area contributed by atoms with Gasteiger partial charge in [0.05, 0.1) is 22.4 Å². The third kappa shape index (κ3) is 6.79. The molecule has 0 fully saturated rings. The maximum Gasteiger partial charge on any atom is 0.160 e. The summed E-state index contributed by atoms with van der Waals surface area (Å²) in [6.07, 6.45) is 2.02. The Kier molecular flexibility index (Phi) is 9.89. The van der Waals surface area contributed by atoms with Crippen molar-refractivity contribution in [2.24, 2.45) is 0 Å². The molecular weight excluding hydrogens is 805 g/mol. The van der Waals surface area contributed by atoms with Crippen molar-refractivity contribution in [1.29, 1.82) is 0 Å². The van der Waals surface area contributed by atoms with E-state index in [0.717, 1.165) is 65.1 Å². The molecule has 0 aliphatic carbocycles. The third-order valence-electron chi connectivity index (χ3n) is 14.5. The molecule has 6 nitrogen and oxygen atoms in total. The number of nitrogens with zero attached hydrogens (tertiary/aromatic N) is 6. The van der Waals surface area contributed by atoms with E-state index in [1.54, 1.807) is 0 Å². The predicted molar refractivity (Wildman–Crippen MR) is 272 cm³/mol. The Bertz CT molecular complexity index is 3200. The van der Waals surface area contributed by atoms with E-state index in [9.17, 15) is 0 Å². The monoisotopic (exact) mass is 856 g/mol. The Morgan fingerprint density at radius 3 is 1.27 bits per heavy atom. The third-order valence-corrected chi connectivity index (χ3v) is 14.5. The van der Waals surface area contributed by atoms with Gasteiger partial charge in [-0.3, -0.25) is 9.80 Å². The molecule has 2 unspecified atom stereocenters. The molecular formula is C60H52N6. The largest absolute Gasteiger partial charge is 0.312 e. The van der Waals surface area contributed by atoms with Crippen molar-refractivity contribution < 1.29 is 0 Å². The van der Waals surface area contributed by atoms with Gasteiger partial charge in [0.25, 0.3) is 0 Å². The molecule has 6 heteroatoms. The average molecular weight is 857 g/mol. The summed E-state index contributed by atoms with van der Waals surface area (Å²) in [4.78, 5) is 15.5. The Morgan fingerprint density at radius 1 is 0.394 bits per heavy atom. The Morgan fingerprint density at radius 2 is 0.803 bits per heavy atom. The minimum atomic E-state index is 0.288. The SMILES string of the molecule is CC1c2c(c3cc(-c4cc(-c5ccc6c(c5)c5c(n6-c6ccccc6)C(C)N(C)CC5)cc(-c5cc(-c6ccccc6)nc(-c6ccccc6)n5)c4)ccc3n2-c2ccccc2)CCN1C.